The summed E-state index contributed by atoms with van der Waals surface area (Å²) in [7, 11) is 0. The molecule has 0 aliphatic carbocycles. The van der Waals surface area contributed by atoms with Gasteiger partial charge in [-0.3, -0.25) is 14.4 Å². The predicted octanol–water partition coefficient (Wildman–Crippen LogP) is 0.812. The van der Waals surface area contributed by atoms with Crippen LogP contribution in [0.5, 0.6) is 0 Å². The summed E-state index contributed by atoms with van der Waals surface area (Å²) >= 11 is 0. The Balaban J connectivity index is 1.50. The average Bonchev–Trinajstić information content (AvgIpc) is 2.63. The summed E-state index contributed by atoms with van der Waals surface area (Å²) < 4.78 is 12.9. The van der Waals surface area contributed by atoms with Crippen molar-refractivity contribution >= 4 is 23.4 Å². The number of carbonyl (C=O) groups is 3. The zero-order chi connectivity index (χ0) is 17.8. The standard InChI is InChI=1S/C17H19FN4O3/c18-12-3-1-11(2-4-12)16(24)19-13-7-9-22(10-8-13)17(25)14-5-6-15(23)21-20-14/h1-4,13H,5-10H2,(H,19,24)(H,21,23). The monoisotopic (exact) mass is 346 g/mol. The highest BCUT2D eigenvalue weighted by Gasteiger charge is 2.28. The number of benzene rings is 1. The Hall–Kier alpha value is -2.77. The fourth-order valence-corrected chi connectivity index (χ4v) is 2.91. The second-order valence-corrected chi connectivity index (χ2v) is 6.14. The van der Waals surface area contributed by atoms with E-state index in [0.717, 1.165) is 0 Å². The first kappa shape index (κ1) is 17.1. The largest absolute Gasteiger partial charge is 0.349 e. The van der Waals surface area contributed by atoms with Crippen LogP contribution in [0.1, 0.15) is 36.0 Å². The normalized spacial score (nSPS) is 18.4. The van der Waals surface area contributed by atoms with E-state index in [1.807, 2.05) is 0 Å². The Morgan fingerprint density at radius 3 is 2.44 bits per heavy atom. The maximum atomic E-state index is 12.9. The van der Waals surface area contributed by atoms with Gasteiger partial charge in [-0.1, -0.05) is 0 Å². The van der Waals surface area contributed by atoms with Crippen molar-refractivity contribution in [3.05, 3.63) is 35.6 Å². The van der Waals surface area contributed by atoms with Gasteiger partial charge in [-0.15, -0.1) is 0 Å². The van der Waals surface area contributed by atoms with Crippen LogP contribution in [0, 0.1) is 5.82 Å². The molecule has 8 heteroatoms. The Bertz CT molecular complexity index is 709. The molecule has 1 aromatic rings. The molecule has 0 saturated carbocycles. The molecule has 0 radical (unpaired) electrons. The fourth-order valence-electron chi connectivity index (χ4n) is 2.91. The molecule has 2 heterocycles. The van der Waals surface area contributed by atoms with E-state index in [-0.39, 0.29) is 36.0 Å². The van der Waals surface area contributed by atoms with Gasteiger partial charge in [-0.25, -0.2) is 9.82 Å². The number of amides is 3. The van der Waals surface area contributed by atoms with Crippen molar-refractivity contribution in [2.24, 2.45) is 5.10 Å². The number of nitrogens with zero attached hydrogens (tertiary/aromatic N) is 2. The minimum atomic E-state index is -0.384. The lowest BCUT2D eigenvalue weighted by atomic mass is 10.0. The Morgan fingerprint density at radius 1 is 1.16 bits per heavy atom. The number of hydrogen-bond donors (Lipinski definition) is 2. The van der Waals surface area contributed by atoms with Crippen LogP contribution >= 0.6 is 0 Å². The second kappa shape index (κ2) is 7.42. The first-order valence-corrected chi connectivity index (χ1v) is 8.24. The van der Waals surface area contributed by atoms with Gasteiger partial charge < -0.3 is 10.2 Å². The van der Waals surface area contributed by atoms with E-state index in [4.69, 9.17) is 0 Å². The van der Waals surface area contributed by atoms with E-state index >= 15 is 0 Å². The molecule has 0 aromatic heterocycles. The molecule has 25 heavy (non-hydrogen) atoms. The molecular weight excluding hydrogens is 327 g/mol. The van der Waals surface area contributed by atoms with Crippen molar-refractivity contribution in [1.82, 2.24) is 15.6 Å². The molecule has 2 aliphatic rings. The Kier molecular flexibility index (Phi) is 5.06. The summed E-state index contributed by atoms with van der Waals surface area (Å²) in [4.78, 5) is 37.3. The van der Waals surface area contributed by atoms with Crippen LogP contribution < -0.4 is 10.7 Å². The molecule has 0 bridgehead atoms. The lowest BCUT2D eigenvalue weighted by molar-refractivity contribution is -0.125. The van der Waals surface area contributed by atoms with Gasteiger partial charge in [0.25, 0.3) is 11.8 Å². The van der Waals surface area contributed by atoms with Crippen molar-refractivity contribution in [2.75, 3.05) is 13.1 Å². The number of likely N-dealkylation sites (tertiary alicyclic amines) is 1. The zero-order valence-electron chi connectivity index (χ0n) is 13.6. The van der Waals surface area contributed by atoms with Gasteiger partial charge >= 0.3 is 0 Å². The molecule has 0 spiro atoms. The van der Waals surface area contributed by atoms with Crippen LogP contribution in [0.2, 0.25) is 0 Å². The van der Waals surface area contributed by atoms with Gasteiger partial charge in [0, 0.05) is 37.5 Å². The predicted molar refractivity (Wildman–Crippen MR) is 88.3 cm³/mol. The molecule has 7 nitrogen and oxygen atoms in total. The minimum absolute atomic E-state index is 0.0328. The molecule has 2 aliphatic heterocycles. The molecule has 2 N–H and O–H groups in total. The first-order valence-electron chi connectivity index (χ1n) is 8.24. The van der Waals surface area contributed by atoms with Gasteiger partial charge in [0.15, 0.2) is 0 Å². The molecule has 1 aromatic carbocycles. The van der Waals surface area contributed by atoms with Crippen molar-refractivity contribution in [1.29, 1.82) is 0 Å². The summed E-state index contributed by atoms with van der Waals surface area (Å²) in [6.45, 7) is 1.03. The quantitative estimate of drug-likeness (QED) is 0.849. The van der Waals surface area contributed by atoms with Crippen LogP contribution in [0.15, 0.2) is 29.4 Å². The summed E-state index contributed by atoms with van der Waals surface area (Å²) in [6.07, 6.45) is 1.90. The second-order valence-electron chi connectivity index (χ2n) is 6.14. The van der Waals surface area contributed by atoms with Crippen molar-refractivity contribution in [3.8, 4) is 0 Å². The first-order chi connectivity index (χ1) is 12.0. The molecule has 0 atom stereocenters. The van der Waals surface area contributed by atoms with Crippen molar-refractivity contribution in [3.63, 3.8) is 0 Å². The number of rotatable bonds is 3. The molecular formula is C17H19FN4O3. The molecule has 3 rings (SSSR count). The SMILES string of the molecule is O=C1CCC(C(=O)N2CCC(NC(=O)c3ccc(F)cc3)CC2)=NN1. The topological polar surface area (TPSA) is 90.9 Å². The van der Waals surface area contributed by atoms with E-state index in [1.54, 1.807) is 4.90 Å². The van der Waals surface area contributed by atoms with Gasteiger partial charge in [-0.05, 0) is 37.1 Å². The Morgan fingerprint density at radius 2 is 1.84 bits per heavy atom. The van der Waals surface area contributed by atoms with Gasteiger partial charge in [0.1, 0.15) is 11.5 Å². The van der Waals surface area contributed by atoms with Crippen LogP contribution in [-0.2, 0) is 9.59 Å². The van der Waals surface area contributed by atoms with Gasteiger partial charge in [0.2, 0.25) is 5.91 Å². The summed E-state index contributed by atoms with van der Waals surface area (Å²) in [5, 5.41) is 6.74. The highest BCUT2D eigenvalue weighted by molar-refractivity contribution is 6.39. The van der Waals surface area contributed by atoms with E-state index in [0.29, 0.717) is 43.6 Å². The highest BCUT2D eigenvalue weighted by atomic mass is 19.1. The van der Waals surface area contributed by atoms with Crippen LogP contribution in [0.3, 0.4) is 0 Å². The summed E-state index contributed by atoms with van der Waals surface area (Å²) in [5.41, 5.74) is 3.11. The third kappa shape index (κ3) is 4.20. The van der Waals surface area contributed by atoms with Crippen LogP contribution in [0.25, 0.3) is 0 Å². The maximum absolute atomic E-state index is 12.9. The summed E-state index contributed by atoms with van der Waals surface area (Å²) in [6, 6.07) is 5.35. The number of nitrogens with one attached hydrogen (secondary N) is 2. The van der Waals surface area contributed by atoms with Gasteiger partial charge in [0.05, 0.1) is 0 Å². The lowest BCUT2D eigenvalue weighted by Gasteiger charge is -2.33. The van der Waals surface area contributed by atoms with Gasteiger partial charge in [-0.2, -0.15) is 5.10 Å². The molecule has 0 unspecified atom stereocenters. The molecule has 3 amide bonds. The zero-order valence-corrected chi connectivity index (χ0v) is 13.6. The fraction of sp³-hybridized carbons (Fsp3) is 0.412. The van der Waals surface area contributed by atoms with E-state index in [9.17, 15) is 18.8 Å². The Labute approximate surface area is 144 Å². The van der Waals surface area contributed by atoms with Crippen molar-refractivity contribution < 1.29 is 18.8 Å². The highest BCUT2D eigenvalue weighted by Crippen LogP contribution is 2.14. The molecule has 132 valence electrons. The van der Waals surface area contributed by atoms with Crippen LogP contribution in [-0.4, -0.2) is 47.5 Å². The number of carbonyl (C=O) groups excluding carboxylic acids is 3. The third-order valence-electron chi connectivity index (χ3n) is 4.38. The number of halogens is 1. The van der Waals surface area contributed by atoms with Crippen LogP contribution in [0.4, 0.5) is 4.39 Å². The van der Waals surface area contributed by atoms with E-state index in [2.05, 4.69) is 15.8 Å². The minimum Gasteiger partial charge on any atom is -0.349 e. The van der Waals surface area contributed by atoms with E-state index < -0.39 is 0 Å². The maximum Gasteiger partial charge on any atom is 0.270 e. The average molecular weight is 346 g/mol. The van der Waals surface area contributed by atoms with E-state index in [1.165, 1.54) is 24.3 Å². The number of hydrogen-bond acceptors (Lipinski definition) is 4. The third-order valence-corrected chi connectivity index (χ3v) is 4.38. The smallest absolute Gasteiger partial charge is 0.270 e. The molecule has 1 fully saturated rings. The molecule has 1 saturated heterocycles. The lowest BCUT2D eigenvalue weighted by Crippen LogP contribution is -2.49. The summed E-state index contributed by atoms with van der Waals surface area (Å²) in [5.74, 6) is -0.976. The van der Waals surface area contributed by atoms with Crippen molar-refractivity contribution in [2.45, 2.75) is 31.7 Å². The number of hydrazone groups is 1. The number of piperidine rings is 1.